The molecule has 5 nitrogen and oxygen atoms in total. The minimum absolute atomic E-state index is 0.316. The molecule has 0 fully saturated rings. The lowest BCUT2D eigenvalue weighted by atomic mass is 10.1. The maximum atomic E-state index is 10.7. The average molecular weight is 245 g/mol. The van der Waals surface area contributed by atoms with Crippen molar-refractivity contribution in [3.63, 3.8) is 0 Å². The molecule has 18 heavy (non-hydrogen) atoms. The van der Waals surface area contributed by atoms with Crippen LogP contribution in [0.5, 0.6) is 0 Å². The number of imidazole rings is 1. The van der Waals surface area contributed by atoms with Crippen molar-refractivity contribution in [3.05, 3.63) is 48.0 Å². The highest BCUT2D eigenvalue weighted by Gasteiger charge is 2.12. The number of nitrogens with two attached hydrogens (primary N) is 1. The van der Waals surface area contributed by atoms with Gasteiger partial charge >= 0.3 is 5.97 Å². The van der Waals surface area contributed by atoms with E-state index in [-0.39, 0.29) is 0 Å². The molecule has 0 saturated heterocycles. The van der Waals surface area contributed by atoms with Gasteiger partial charge in [0.15, 0.2) is 0 Å². The van der Waals surface area contributed by atoms with Crippen LogP contribution >= 0.6 is 0 Å². The van der Waals surface area contributed by atoms with Crippen molar-refractivity contribution >= 4 is 5.97 Å². The van der Waals surface area contributed by atoms with E-state index in [4.69, 9.17) is 10.8 Å². The van der Waals surface area contributed by atoms with Gasteiger partial charge in [0.05, 0.1) is 0 Å². The summed E-state index contributed by atoms with van der Waals surface area (Å²) in [6.07, 6.45) is 3.91. The smallest absolute Gasteiger partial charge is 0.320 e. The zero-order valence-corrected chi connectivity index (χ0v) is 10.1. The molecule has 1 aromatic carbocycles. The summed E-state index contributed by atoms with van der Waals surface area (Å²) in [6, 6.07) is 6.77. The van der Waals surface area contributed by atoms with Gasteiger partial charge in [0.1, 0.15) is 11.9 Å². The first kappa shape index (κ1) is 12.3. The number of carboxylic acids is 1. The first-order chi connectivity index (χ1) is 8.58. The van der Waals surface area contributed by atoms with E-state index < -0.39 is 12.0 Å². The van der Waals surface area contributed by atoms with E-state index in [9.17, 15) is 4.79 Å². The molecule has 0 spiro atoms. The summed E-state index contributed by atoms with van der Waals surface area (Å²) in [5.74, 6) is -0.103. The highest BCUT2D eigenvalue weighted by Crippen LogP contribution is 2.13. The second-order valence-electron chi connectivity index (χ2n) is 4.16. The fraction of sp³-hybridized carbons (Fsp3) is 0.231. The Morgan fingerprint density at radius 3 is 2.94 bits per heavy atom. The van der Waals surface area contributed by atoms with Gasteiger partial charge in [0.2, 0.25) is 0 Å². The molecular weight excluding hydrogens is 230 g/mol. The van der Waals surface area contributed by atoms with Crippen LogP contribution < -0.4 is 5.73 Å². The molecular formula is C13H15N3O2. The quantitative estimate of drug-likeness (QED) is 0.846. The van der Waals surface area contributed by atoms with Crippen molar-refractivity contribution < 1.29 is 9.90 Å². The molecule has 1 unspecified atom stereocenters. The first-order valence-corrected chi connectivity index (χ1v) is 5.65. The number of rotatable bonds is 4. The second kappa shape index (κ2) is 5.01. The summed E-state index contributed by atoms with van der Waals surface area (Å²) in [5.41, 5.74) is 7.39. The van der Waals surface area contributed by atoms with Crippen LogP contribution in [0.3, 0.4) is 0 Å². The van der Waals surface area contributed by atoms with Crippen LogP contribution in [0.25, 0.3) is 5.69 Å². The summed E-state index contributed by atoms with van der Waals surface area (Å²) in [4.78, 5) is 14.9. The summed E-state index contributed by atoms with van der Waals surface area (Å²) in [5, 5.41) is 8.80. The minimum atomic E-state index is -0.987. The SMILES string of the molecule is Cc1nccn1-c1cccc(CC(N)C(=O)O)c1. The molecule has 2 aromatic rings. The number of aryl methyl sites for hydroxylation is 1. The van der Waals surface area contributed by atoms with Gasteiger partial charge in [-0.1, -0.05) is 12.1 Å². The summed E-state index contributed by atoms with van der Waals surface area (Å²) < 4.78 is 1.94. The molecule has 3 N–H and O–H groups in total. The lowest BCUT2D eigenvalue weighted by molar-refractivity contribution is -0.138. The number of aliphatic carboxylic acids is 1. The molecule has 5 heteroatoms. The van der Waals surface area contributed by atoms with Gasteiger partial charge in [-0.15, -0.1) is 0 Å². The predicted octanol–water partition coefficient (Wildman–Crippen LogP) is 1.14. The molecule has 1 aromatic heterocycles. The number of aromatic nitrogens is 2. The van der Waals surface area contributed by atoms with Crippen LogP contribution in [-0.4, -0.2) is 26.7 Å². The largest absolute Gasteiger partial charge is 0.480 e. The van der Waals surface area contributed by atoms with E-state index in [2.05, 4.69) is 4.98 Å². The van der Waals surface area contributed by atoms with Crippen molar-refractivity contribution in [1.29, 1.82) is 0 Å². The van der Waals surface area contributed by atoms with Gasteiger partial charge in [0, 0.05) is 18.1 Å². The van der Waals surface area contributed by atoms with E-state index in [0.29, 0.717) is 6.42 Å². The second-order valence-corrected chi connectivity index (χ2v) is 4.16. The maximum Gasteiger partial charge on any atom is 0.320 e. The molecule has 2 rings (SSSR count). The van der Waals surface area contributed by atoms with Gasteiger partial charge in [-0.25, -0.2) is 4.98 Å². The number of carboxylic acid groups (broad SMARTS) is 1. The van der Waals surface area contributed by atoms with Crippen molar-refractivity contribution in [2.75, 3.05) is 0 Å². The molecule has 0 saturated carbocycles. The standard InChI is InChI=1S/C13H15N3O2/c1-9-15-5-6-16(9)11-4-2-3-10(7-11)8-12(14)13(17)18/h2-7,12H,8,14H2,1H3,(H,17,18). The molecule has 0 radical (unpaired) electrons. The Hall–Kier alpha value is -2.14. The lowest BCUT2D eigenvalue weighted by Gasteiger charge is -2.09. The number of hydrogen-bond acceptors (Lipinski definition) is 3. The van der Waals surface area contributed by atoms with E-state index in [0.717, 1.165) is 17.1 Å². The highest BCUT2D eigenvalue weighted by atomic mass is 16.4. The Kier molecular flexibility index (Phi) is 3.43. The molecule has 0 aliphatic heterocycles. The fourth-order valence-electron chi connectivity index (χ4n) is 1.83. The molecule has 0 amide bonds. The van der Waals surface area contributed by atoms with Crippen LogP contribution in [0, 0.1) is 6.92 Å². The molecule has 0 aliphatic carbocycles. The Bertz CT molecular complexity index is 563. The molecule has 0 bridgehead atoms. The topological polar surface area (TPSA) is 81.1 Å². The zero-order valence-electron chi connectivity index (χ0n) is 10.1. The Balaban J connectivity index is 2.26. The third-order valence-electron chi connectivity index (χ3n) is 2.79. The van der Waals surface area contributed by atoms with Crippen LogP contribution in [-0.2, 0) is 11.2 Å². The van der Waals surface area contributed by atoms with E-state index in [1.165, 1.54) is 0 Å². The van der Waals surface area contributed by atoms with Crippen molar-refractivity contribution in [2.24, 2.45) is 5.73 Å². The molecule has 1 atom stereocenters. The summed E-state index contributed by atoms with van der Waals surface area (Å²) >= 11 is 0. The van der Waals surface area contributed by atoms with Crippen molar-refractivity contribution in [1.82, 2.24) is 9.55 Å². The molecule has 94 valence electrons. The third kappa shape index (κ3) is 2.57. The minimum Gasteiger partial charge on any atom is -0.480 e. The molecule has 1 heterocycles. The van der Waals surface area contributed by atoms with Gasteiger partial charge in [-0.05, 0) is 31.0 Å². The van der Waals surface area contributed by atoms with Crippen LogP contribution in [0.4, 0.5) is 0 Å². The van der Waals surface area contributed by atoms with Gasteiger partial charge < -0.3 is 15.4 Å². The highest BCUT2D eigenvalue weighted by molar-refractivity contribution is 5.73. The van der Waals surface area contributed by atoms with Crippen molar-refractivity contribution in [2.45, 2.75) is 19.4 Å². The van der Waals surface area contributed by atoms with E-state index in [1.807, 2.05) is 42.0 Å². The predicted molar refractivity (Wildman–Crippen MR) is 67.6 cm³/mol. The number of carbonyl (C=O) groups is 1. The van der Waals surface area contributed by atoms with Gasteiger partial charge in [-0.3, -0.25) is 4.79 Å². The van der Waals surface area contributed by atoms with Crippen LogP contribution in [0.15, 0.2) is 36.7 Å². The fourth-order valence-corrected chi connectivity index (χ4v) is 1.83. The number of hydrogen-bond donors (Lipinski definition) is 2. The van der Waals surface area contributed by atoms with Crippen LogP contribution in [0.2, 0.25) is 0 Å². The normalized spacial score (nSPS) is 12.3. The Morgan fingerprint density at radius 1 is 1.56 bits per heavy atom. The number of nitrogens with zero attached hydrogens (tertiary/aromatic N) is 2. The Morgan fingerprint density at radius 2 is 2.33 bits per heavy atom. The Labute approximate surface area is 105 Å². The third-order valence-corrected chi connectivity index (χ3v) is 2.79. The van der Waals surface area contributed by atoms with Gasteiger partial charge in [-0.2, -0.15) is 0 Å². The summed E-state index contributed by atoms with van der Waals surface area (Å²) in [7, 11) is 0. The van der Waals surface area contributed by atoms with Gasteiger partial charge in [0.25, 0.3) is 0 Å². The molecule has 0 aliphatic rings. The maximum absolute atomic E-state index is 10.7. The lowest BCUT2D eigenvalue weighted by Crippen LogP contribution is -2.32. The van der Waals surface area contributed by atoms with E-state index >= 15 is 0 Å². The first-order valence-electron chi connectivity index (χ1n) is 5.65. The van der Waals surface area contributed by atoms with Crippen molar-refractivity contribution in [3.8, 4) is 5.69 Å². The van der Waals surface area contributed by atoms with Crippen LogP contribution in [0.1, 0.15) is 11.4 Å². The monoisotopic (exact) mass is 245 g/mol. The average Bonchev–Trinajstić information content (AvgIpc) is 2.75. The number of benzene rings is 1. The summed E-state index contributed by atoms with van der Waals surface area (Å²) in [6.45, 7) is 1.91. The van der Waals surface area contributed by atoms with E-state index in [1.54, 1.807) is 6.20 Å². The zero-order chi connectivity index (χ0) is 13.1.